The lowest BCUT2D eigenvalue weighted by molar-refractivity contribution is -0.115. The Labute approximate surface area is 144 Å². The highest BCUT2D eigenvalue weighted by Gasteiger charge is 2.13. The SMILES string of the molecule is Cc1ccc(CC(=O)Nc2nnc(-c3cccc(Cl)c3)o2)c(C)c1. The van der Waals surface area contributed by atoms with Crippen LogP contribution in [0.3, 0.4) is 0 Å². The van der Waals surface area contributed by atoms with E-state index in [4.69, 9.17) is 16.0 Å². The predicted octanol–water partition coefficient (Wildman–Crippen LogP) is 4.19. The van der Waals surface area contributed by atoms with Crippen molar-refractivity contribution in [1.29, 1.82) is 0 Å². The first-order valence-electron chi connectivity index (χ1n) is 7.47. The number of amides is 1. The molecule has 1 amide bonds. The van der Waals surface area contributed by atoms with Gasteiger partial charge in [0.25, 0.3) is 0 Å². The molecule has 6 heteroatoms. The Morgan fingerprint density at radius 1 is 1.17 bits per heavy atom. The summed E-state index contributed by atoms with van der Waals surface area (Å²) in [6.07, 6.45) is 0.251. The maximum atomic E-state index is 12.2. The zero-order valence-electron chi connectivity index (χ0n) is 13.3. The summed E-state index contributed by atoms with van der Waals surface area (Å²) in [5.41, 5.74) is 3.91. The average Bonchev–Trinajstić information content (AvgIpc) is 2.98. The van der Waals surface area contributed by atoms with Gasteiger partial charge in [0.1, 0.15) is 0 Å². The van der Waals surface area contributed by atoms with Crippen molar-refractivity contribution in [3.8, 4) is 11.5 Å². The van der Waals surface area contributed by atoms with E-state index >= 15 is 0 Å². The molecule has 0 spiro atoms. The monoisotopic (exact) mass is 341 g/mol. The van der Waals surface area contributed by atoms with E-state index in [-0.39, 0.29) is 18.3 Å². The molecule has 2 aromatic carbocycles. The molecular formula is C18H16ClN3O2. The lowest BCUT2D eigenvalue weighted by Gasteiger charge is -2.06. The van der Waals surface area contributed by atoms with E-state index < -0.39 is 0 Å². The molecule has 0 radical (unpaired) electrons. The lowest BCUT2D eigenvalue weighted by Crippen LogP contribution is -2.15. The van der Waals surface area contributed by atoms with E-state index in [1.807, 2.05) is 32.0 Å². The van der Waals surface area contributed by atoms with Crippen LogP contribution in [-0.4, -0.2) is 16.1 Å². The summed E-state index contributed by atoms with van der Waals surface area (Å²) < 4.78 is 5.47. The Kier molecular flexibility index (Phi) is 4.62. The van der Waals surface area contributed by atoms with Gasteiger partial charge in [0.2, 0.25) is 11.8 Å². The largest absolute Gasteiger partial charge is 0.403 e. The summed E-state index contributed by atoms with van der Waals surface area (Å²) in [5.74, 6) is 0.0996. The molecule has 3 aromatic rings. The molecule has 5 nitrogen and oxygen atoms in total. The van der Waals surface area contributed by atoms with E-state index in [0.29, 0.717) is 16.5 Å². The average molecular weight is 342 g/mol. The summed E-state index contributed by atoms with van der Waals surface area (Å²) in [7, 11) is 0. The van der Waals surface area contributed by atoms with Gasteiger partial charge in [-0.3, -0.25) is 10.1 Å². The number of hydrogen-bond acceptors (Lipinski definition) is 4. The zero-order chi connectivity index (χ0) is 17.1. The van der Waals surface area contributed by atoms with Crippen molar-refractivity contribution in [3.05, 3.63) is 64.2 Å². The van der Waals surface area contributed by atoms with Gasteiger partial charge in [-0.2, -0.15) is 0 Å². The topological polar surface area (TPSA) is 68.0 Å². The van der Waals surface area contributed by atoms with Crippen LogP contribution in [0.2, 0.25) is 5.02 Å². The van der Waals surface area contributed by atoms with Crippen molar-refractivity contribution >= 4 is 23.5 Å². The molecule has 0 aliphatic rings. The van der Waals surface area contributed by atoms with Crippen molar-refractivity contribution in [3.63, 3.8) is 0 Å². The number of hydrogen-bond donors (Lipinski definition) is 1. The fraction of sp³-hybridized carbons (Fsp3) is 0.167. The van der Waals surface area contributed by atoms with Crippen LogP contribution in [0.15, 0.2) is 46.9 Å². The number of rotatable bonds is 4. The molecule has 0 atom stereocenters. The van der Waals surface area contributed by atoms with E-state index in [2.05, 4.69) is 15.5 Å². The van der Waals surface area contributed by atoms with Crippen molar-refractivity contribution in [2.45, 2.75) is 20.3 Å². The number of carbonyl (C=O) groups is 1. The first-order chi connectivity index (χ1) is 11.5. The molecule has 0 fully saturated rings. The molecule has 0 bridgehead atoms. The highest BCUT2D eigenvalue weighted by Crippen LogP contribution is 2.23. The fourth-order valence-corrected chi connectivity index (χ4v) is 2.58. The molecule has 0 aliphatic carbocycles. The molecule has 0 saturated carbocycles. The Morgan fingerprint density at radius 3 is 2.75 bits per heavy atom. The third-order valence-corrected chi connectivity index (χ3v) is 3.83. The van der Waals surface area contributed by atoms with Gasteiger partial charge in [-0.1, -0.05) is 46.5 Å². The summed E-state index contributed by atoms with van der Waals surface area (Å²) >= 11 is 5.94. The molecule has 0 aliphatic heterocycles. The highest BCUT2D eigenvalue weighted by molar-refractivity contribution is 6.30. The second-order valence-corrected chi connectivity index (χ2v) is 6.01. The standard InChI is InChI=1S/C18H16ClN3O2/c1-11-6-7-13(12(2)8-11)10-16(23)20-18-22-21-17(24-18)14-4-3-5-15(19)9-14/h3-9H,10H2,1-2H3,(H,20,22,23). The predicted molar refractivity (Wildman–Crippen MR) is 93.0 cm³/mol. The number of aromatic nitrogens is 2. The minimum Gasteiger partial charge on any atom is -0.403 e. The van der Waals surface area contributed by atoms with Gasteiger partial charge < -0.3 is 4.42 Å². The lowest BCUT2D eigenvalue weighted by atomic mass is 10.0. The summed E-state index contributed by atoms with van der Waals surface area (Å²) in [6.45, 7) is 4.01. The number of anilines is 1. The number of halogens is 1. The molecule has 0 saturated heterocycles. The zero-order valence-corrected chi connectivity index (χ0v) is 14.1. The number of nitrogens with one attached hydrogen (secondary N) is 1. The quantitative estimate of drug-likeness (QED) is 0.772. The summed E-state index contributed by atoms with van der Waals surface area (Å²) in [6, 6.07) is 13.1. The number of benzene rings is 2. The summed E-state index contributed by atoms with van der Waals surface area (Å²) in [5, 5.41) is 11.0. The first kappa shape index (κ1) is 16.2. The Bertz CT molecular complexity index is 889. The van der Waals surface area contributed by atoms with Gasteiger partial charge in [0.15, 0.2) is 0 Å². The van der Waals surface area contributed by atoms with Crippen molar-refractivity contribution < 1.29 is 9.21 Å². The molecule has 1 heterocycles. The third-order valence-electron chi connectivity index (χ3n) is 3.59. The van der Waals surface area contributed by atoms with E-state index in [9.17, 15) is 4.79 Å². The maximum Gasteiger partial charge on any atom is 0.322 e. The Hall–Kier alpha value is -2.66. The molecule has 0 unspecified atom stereocenters. The van der Waals surface area contributed by atoms with Gasteiger partial charge in [-0.25, -0.2) is 0 Å². The van der Waals surface area contributed by atoms with Crippen LogP contribution < -0.4 is 5.32 Å². The molecule has 3 rings (SSSR count). The van der Waals surface area contributed by atoms with Gasteiger partial charge in [0.05, 0.1) is 6.42 Å². The van der Waals surface area contributed by atoms with Gasteiger partial charge in [-0.15, -0.1) is 5.10 Å². The second kappa shape index (κ2) is 6.84. The number of carbonyl (C=O) groups excluding carboxylic acids is 1. The third kappa shape index (κ3) is 3.81. The van der Waals surface area contributed by atoms with Crippen molar-refractivity contribution in [1.82, 2.24) is 10.2 Å². The molecule has 1 N–H and O–H groups in total. The molecule has 1 aromatic heterocycles. The minimum absolute atomic E-state index is 0.0692. The molecule has 122 valence electrons. The van der Waals surface area contributed by atoms with Crippen LogP contribution in [0, 0.1) is 13.8 Å². The summed E-state index contributed by atoms with van der Waals surface area (Å²) in [4.78, 5) is 12.2. The van der Waals surface area contributed by atoms with Gasteiger partial charge in [-0.05, 0) is 43.2 Å². The Balaban J connectivity index is 1.69. The van der Waals surface area contributed by atoms with Crippen LogP contribution in [-0.2, 0) is 11.2 Å². The van der Waals surface area contributed by atoms with E-state index in [0.717, 1.165) is 11.1 Å². The van der Waals surface area contributed by atoms with E-state index in [1.165, 1.54) is 5.56 Å². The van der Waals surface area contributed by atoms with Gasteiger partial charge in [0, 0.05) is 10.6 Å². The van der Waals surface area contributed by atoms with Crippen LogP contribution in [0.25, 0.3) is 11.5 Å². The molecular weight excluding hydrogens is 326 g/mol. The first-order valence-corrected chi connectivity index (χ1v) is 7.84. The number of aryl methyl sites for hydroxylation is 2. The minimum atomic E-state index is -0.205. The van der Waals surface area contributed by atoms with Crippen LogP contribution >= 0.6 is 11.6 Å². The fourth-order valence-electron chi connectivity index (χ4n) is 2.39. The smallest absolute Gasteiger partial charge is 0.322 e. The molecule has 24 heavy (non-hydrogen) atoms. The second-order valence-electron chi connectivity index (χ2n) is 5.58. The van der Waals surface area contributed by atoms with E-state index in [1.54, 1.807) is 24.3 Å². The van der Waals surface area contributed by atoms with Crippen LogP contribution in [0.5, 0.6) is 0 Å². The highest BCUT2D eigenvalue weighted by atomic mass is 35.5. The maximum absolute atomic E-state index is 12.2. The van der Waals surface area contributed by atoms with Crippen LogP contribution in [0.1, 0.15) is 16.7 Å². The van der Waals surface area contributed by atoms with Crippen molar-refractivity contribution in [2.75, 3.05) is 5.32 Å². The van der Waals surface area contributed by atoms with Crippen LogP contribution in [0.4, 0.5) is 6.01 Å². The Morgan fingerprint density at radius 2 is 2.00 bits per heavy atom. The number of nitrogens with zero attached hydrogens (tertiary/aromatic N) is 2. The van der Waals surface area contributed by atoms with Gasteiger partial charge >= 0.3 is 6.01 Å². The normalized spacial score (nSPS) is 10.6. The van der Waals surface area contributed by atoms with Crippen molar-refractivity contribution in [2.24, 2.45) is 0 Å².